The van der Waals surface area contributed by atoms with Crippen LogP contribution >= 0.6 is 0 Å². The van der Waals surface area contributed by atoms with E-state index >= 15 is 0 Å². The molecule has 2 aliphatic rings. The summed E-state index contributed by atoms with van der Waals surface area (Å²) in [7, 11) is 0. The summed E-state index contributed by atoms with van der Waals surface area (Å²) in [4.78, 5) is 8.58. The summed E-state index contributed by atoms with van der Waals surface area (Å²) >= 11 is 0. The molecule has 0 atom stereocenters. The summed E-state index contributed by atoms with van der Waals surface area (Å²) in [5, 5.41) is 8.69. The maximum atomic E-state index is 14.1. The van der Waals surface area contributed by atoms with Gasteiger partial charge in [0.1, 0.15) is 29.1 Å². The second-order valence-corrected chi connectivity index (χ2v) is 5.40. The molecule has 0 fully saturated rings. The Morgan fingerprint density at radius 2 is 2.00 bits per heavy atom. The molecule has 5 rings (SSSR count). The normalized spacial score (nSPS) is 14.8. The molecule has 23 heavy (non-hydrogen) atoms. The van der Waals surface area contributed by atoms with E-state index < -0.39 is 11.6 Å². The minimum atomic E-state index is -0.621. The molecule has 3 aromatic rings. The second kappa shape index (κ2) is 4.25. The first kappa shape index (κ1) is 12.5. The Labute approximate surface area is 128 Å². The highest BCUT2D eigenvalue weighted by Gasteiger charge is 2.26. The molecule has 0 unspecified atom stereocenters. The largest absolute Gasteiger partial charge is 0.328 e. The molecule has 0 saturated carbocycles. The maximum Gasteiger partial charge on any atom is 0.229 e. The van der Waals surface area contributed by atoms with E-state index in [1.54, 1.807) is 10.9 Å². The Balaban J connectivity index is 1.88. The van der Waals surface area contributed by atoms with Gasteiger partial charge in [-0.25, -0.2) is 18.4 Å². The Morgan fingerprint density at radius 3 is 2.83 bits per heavy atom. The van der Waals surface area contributed by atoms with Crippen LogP contribution in [-0.4, -0.2) is 24.3 Å². The molecule has 2 aromatic heterocycles. The van der Waals surface area contributed by atoms with Crippen LogP contribution in [0.15, 0.2) is 24.5 Å². The van der Waals surface area contributed by atoms with E-state index in [-0.39, 0.29) is 5.56 Å². The number of fused-ring (bicyclic) bond motifs is 2. The van der Waals surface area contributed by atoms with Gasteiger partial charge in [0.05, 0.1) is 16.6 Å². The fraction of sp³-hybridized carbons (Fsp3) is 0.133. The molecule has 6 nitrogen and oxygen atoms in total. The van der Waals surface area contributed by atoms with Crippen molar-refractivity contribution in [2.24, 2.45) is 0 Å². The molecular formula is C15H10F2N6. The van der Waals surface area contributed by atoms with Gasteiger partial charge in [-0.05, 0) is 12.1 Å². The van der Waals surface area contributed by atoms with Crippen molar-refractivity contribution in [1.82, 2.24) is 24.3 Å². The zero-order chi connectivity index (χ0) is 15.6. The van der Waals surface area contributed by atoms with Gasteiger partial charge in [-0.3, -0.25) is 0 Å². The van der Waals surface area contributed by atoms with Crippen molar-refractivity contribution in [3.63, 3.8) is 0 Å². The van der Waals surface area contributed by atoms with E-state index in [1.165, 1.54) is 24.5 Å². The molecule has 114 valence electrons. The summed E-state index contributed by atoms with van der Waals surface area (Å²) in [6.07, 6.45) is 3.84. The van der Waals surface area contributed by atoms with Crippen LogP contribution in [0, 0.1) is 11.6 Å². The van der Waals surface area contributed by atoms with Crippen molar-refractivity contribution < 1.29 is 8.78 Å². The van der Waals surface area contributed by atoms with E-state index in [1.807, 2.05) is 4.57 Å². The van der Waals surface area contributed by atoms with Gasteiger partial charge in [0.25, 0.3) is 0 Å². The molecule has 0 radical (unpaired) electrons. The van der Waals surface area contributed by atoms with Gasteiger partial charge in [0, 0.05) is 19.2 Å². The lowest BCUT2D eigenvalue weighted by atomic mass is 10.2. The molecule has 0 bridgehead atoms. The van der Waals surface area contributed by atoms with Gasteiger partial charge < -0.3 is 9.88 Å². The monoisotopic (exact) mass is 312 g/mol. The third-order valence-corrected chi connectivity index (χ3v) is 4.17. The topological polar surface area (TPSA) is 60.6 Å². The van der Waals surface area contributed by atoms with Gasteiger partial charge in [0.15, 0.2) is 0 Å². The van der Waals surface area contributed by atoms with E-state index in [0.29, 0.717) is 30.1 Å². The number of nitrogens with one attached hydrogen (secondary N) is 1. The number of hydrogen-bond acceptors (Lipinski definition) is 4. The number of hydrogen-bond donors (Lipinski definition) is 1. The van der Waals surface area contributed by atoms with Gasteiger partial charge in [-0.2, -0.15) is 10.1 Å². The quantitative estimate of drug-likeness (QED) is 0.716. The zero-order valence-corrected chi connectivity index (χ0v) is 11.8. The summed E-state index contributed by atoms with van der Waals surface area (Å²) in [6, 6.07) is 3.82. The number of aromatic nitrogens is 5. The maximum absolute atomic E-state index is 14.1. The molecule has 0 aliphatic carbocycles. The van der Waals surface area contributed by atoms with Crippen molar-refractivity contribution >= 4 is 17.8 Å². The van der Waals surface area contributed by atoms with Crippen molar-refractivity contribution in [3.8, 4) is 11.4 Å². The van der Waals surface area contributed by atoms with Crippen molar-refractivity contribution in [3.05, 3.63) is 46.9 Å². The molecule has 0 saturated heterocycles. The predicted molar refractivity (Wildman–Crippen MR) is 78.4 cm³/mol. The van der Waals surface area contributed by atoms with Crippen LogP contribution in [0.5, 0.6) is 0 Å². The summed E-state index contributed by atoms with van der Waals surface area (Å²) < 4.78 is 31.8. The van der Waals surface area contributed by atoms with E-state index in [2.05, 4.69) is 20.4 Å². The lowest BCUT2D eigenvalue weighted by molar-refractivity contribution is 0.583. The van der Waals surface area contributed by atoms with Crippen LogP contribution in [-0.2, 0) is 6.54 Å². The Kier molecular flexibility index (Phi) is 2.31. The molecule has 8 heteroatoms. The van der Waals surface area contributed by atoms with Gasteiger partial charge in [-0.1, -0.05) is 6.07 Å². The standard InChI is InChI=1S/C15H10F2N6/c16-8-2-1-3-9(17)12(8)14-21-10-6-18-15-19-7-20-23(15)11-4-5-22(14)13(10)11/h1-3,6-7H,4-5H2,(H,18,19,20). The van der Waals surface area contributed by atoms with Crippen LogP contribution < -0.4 is 16.0 Å². The summed E-state index contributed by atoms with van der Waals surface area (Å²) in [6.45, 7) is 0.591. The third-order valence-electron chi connectivity index (χ3n) is 4.17. The fourth-order valence-corrected chi connectivity index (χ4v) is 3.21. The number of benzene rings is 1. The van der Waals surface area contributed by atoms with Gasteiger partial charge in [0.2, 0.25) is 5.95 Å². The first-order chi connectivity index (χ1) is 11.2. The second-order valence-electron chi connectivity index (χ2n) is 5.40. The van der Waals surface area contributed by atoms with Crippen LogP contribution in [0.2, 0.25) is 0 Å². The van der Waals surface area contributed by atoms with Crippen LogP contribution in [0.25, 0.3) is 23.3 Å². The Morgan fingerprint density at radius 1 is 1.17 bits per heavy atom. The first-order valence-corrected chi connectivity index (χ1v) is 7.15. The molecule has 2 aliphatic heterocycles. The Hall–Kier alpha value is -3.03. The van der Waals surface area contributed by atoms with Crippen LogP contribution in [0.4, 0.5) is 14.7 Å². The average Bonchev–Trinajstić information content (AvgIpc) is 3.20. The third kappa shape index (κ3) is 1.57. The molecule has 1 aromatic carbocycles. The predicted octanol–water partition coefficient (Wildman–Crippen LogP) is 0.644. The van der Waals surface area contributed by atoms with Crippen LogP contribution in [0.1, 0.15) is 6.42 Å². The van der Waals surface area contributed by atoms with Gasteiger partial charge >= 0.3 is 0 Å². The average molecular weight is 312 g/mol. The van der Waals surface area contributed by atoms with E-state index in [9.17, 15) is 8.78 Å². The molecule has 1 N–H and O–H groups in total. The number of imidazole rings is 1. The van der Waals surface area contributed by atoms with Crippen molar-refractivity contribution in [2.45, 2.75) is 13.0 Å². The van der Waals surface area contributed by atoms with Crippen LogP contribution in [0.3, 0.4) is 0 Å². The minimum absolute atomic E-state index is 0.103. The van der Waals surface area contributed by atoms with Gasteiger partial charge in [-0.15, -0.1) is 0 Å². The summed E-state index contributed by atoms with van der Waals surface area (Å²) in [5.41, 5.74) is 0.818. The first-order valence-electron chi connectivity index (χ1n) is 7.15. The number of rotatable bonds is 1. The molecule has 0 amide bonds. The number of nitrogens with zero attached hydrogens (tertiary/aromatic N) is 5. The highest BCUT2D eigenvalue weighted by molar-refractivity contribution is 5.64. The van der Waals surface area contributed by atoms with Crippen molar-refractivity contribution in [2.75, 3.05) is 5.32 Å². The SMILES string of the molecule is Fc1cccc(F)c1-c1nc2c3n1CCC=3n1ncnc1NC=2. The number of halogens is 2. The molecule has 0 spiro atoms. The van der Waals surface area contributed by atoms with Crippen molar-refractivity contribution in [1.29, 1.82) is 0 Å². The van der Waals surface area contributed by atoms with E-state index in [0.717, 1.165) is 11.0 Å². The minimum Gasteiger partial charge on any atom is -0.328 e. The Bertz CT molecular complexity index is 1060. The zero-order valence-electron chi connectivity index (χ0n) is 11.8. The smallest absolute Gasteiger partial charge is 0.229 e. The summed E-state index contributed by atoms with van der Waals surface area (Å²) in [5.74, 6) is -0.346. The highest BCUT2D eigenvalue weighted by atomic mass is 19.1. The lowest BCUT2D eigenvalue weighted by Crippen LogP contribution is -2.29. The highest BCUT2D eigenvalue weighted by Crippen LogP contribution is 2.26. The molecular weight excluding hydrogens is 302 g/mol. The molecule has 4 heterocycles. The fourth-order valence-electron chi connectivity index (χ4n) is 3.21. The number of anilines is 1. The lowest BCUT2D eigenvalue weighted by Gasteiger charge is -2.06. The van der Waals surface area contributed by atoms with E-state index in [4.69, 9.17) is 0 Å².